The number of aliphatic hydroxyl groups is 1. The van der Waals surface area contributed by atoms with Crippen molar-refractivity contribution in [1.29, 1.82) is 0 Å². The zero-order chi connectivity index (χ0) is 20.1. The smallest absolute Gasteiger partial charge is 0.418 e. The second kappa shape index (κ2) is 6.72. The summed E-state index contributed by atoms with van der Waals surface area (Å²) in [5.41, 5.74) is -1.57. The standard InChI is InChI=1S/C17H17ClF3N3O3/c1-8-12(16(27)23(2)22-8)15(26)9-5-6-10(17(19,20)21)14(13(9)18)24-7-3-4-11(24)25/h5-6,11,25,27H,3-4,7H2,1-2H3. The number of hydrogen-bond donors (Lipinski definition) is 2. The highest BCUT2D eigenvalue weighted by molar-refractivity contribution is 6.38. The number of benzene rings is 1. The van der Waals surface area contributed by atoms with Gasteiger partial charge in [-0.05, 0) is 31.9 Å². The Hall–Kier alpha value is -2.26. The predicted octanol–water partition coefficient (Wildman–Crippen LogP) is 3.26. The fourth-order valence-electron chi connectivity index (χ4n) is 3.31. The van der Waals surface area contributed by atoms with Gasteiger partial charge in [0.05, 0.1) is 22.0 Å². The summed E-state index contributed by atoms with van der Waals surface area (Å²) in [6, 6.07) is 1.74. The normalized spacial score (nSPS) is 17.6. The lowest BCUT2D eigenvalue weighted by Gasteiger charge is -2.28. The zero-order valence-electron chi connectivity index (χ0n) is 14.5. The quantitative estimate of drug-likeness (QED) is 0.769. The van der Waals surface area contributed by atoms with Crippen molar-refractivity contribution in [1.82, 2.24) is 9.78 Å². The summed E-state index contributed by atoms with van der Waals surface area (Å²) >= 11 is 6.24. The molecule has 6 nitrogen and oxygen atoms in total. The van der Waals surface area contributed by atoms with E-state index < -0.39 is 40.3 Å². The second-order valence-electron chi connectivity index (χ2n) is 6.37. The van der Waals surface area contributed by atoms with E-state index in [1.165, 1.54) is 14.0 Å². The molecule has 1 aliphatic heterocycles. The number of aliphatic hydroxyl groups excluding tert-OH is 1. The molecule has 10 heteroatoms. The van der Waals surface area contributed by atoms with Gasteiger partial charge in [-0.15, -0.1) is 0 Å². The van der Waals surface area contributed by atoms with Crippen LogP contribution in [-0.4, -0.2) is 38.5 Å². The zero-order valence-corrected chi connectivity index (χ0v) is 15.3. The molecule has 1 saturated heterocycles. The Kier molecular flexibility index (Phi) is 4.85. The third-order valence-corrected chi connectivity index (χ3v) is 4.98. The predicted molar refractivity (Wildman–Crippen MR) is 92.1 cm³/mol. The van der Waals surface area contributed by atoms with Crippen LogP contribution < -0.4 is 4.90 Å². The highest BCUT2D eigenvalue weighted by atomic mass is 35.5. The molecule has 0 amide bonds. The highest BCUT2D eigenvalue weighted by Crippen LogP contribution is 2.44. The topological polar surface area (TPSA) is 78.6 Å². The number of ketones is 1. The van der Waals surface area contributed by atoms with E-state index in [-0.39, 0.29) is 23.4 Å². The SMILES string of the molecule is Cc1nn(C)c(O)c1C(=O)c1ccc(C(F)(F)F)c(N2CCCC2O)c1Cl. The monoisotopic (exact) mass is 403 g/mol. The van der Waals surface area contributed by atoms with Gasteiger partial charge in [-0.3, -0.25) is 4.79 Å². The number of nitrogens with zero attached hydrogens (tertiary/aromatic N) is 3. The Labute approximate surface area is 157 Å². The van der Waals surface area contributed by atoms with Gasteiger partial charge < -0.3 is 15.1 Å². The van der Waals surface area contributed by atoms with Gasteiger partial charge >= 0.3 is 6.18 Å². The molecule has 27 heavy (non-hydrogen) atoms. The molecule has 1 fully saturated rings. The molecule has 0 saturated carbocycles. The third-order valence-electron chi connectivity index (χ3n) is 4.59. The first kappa shape index (κ1) is 19.5. The lowest BCUT2D eigenvalue weighted by molar-refractivity contribution is -0.137. The van der Waals surface area contributed by atoms with Crippen LogP contribution in [0.2, 0.25) is 5.02 Å². The van der Waals surface area contributed by atoms with Crippen molar-refractivity contribution >= 4 is 23.1 Å². The molecule has 3 rings (SSSR count). The van der Waals surface area contributed by atoms with E-state index in [4.69, 9.17) is 11.6 Å². The van der Waals surface area contributed by atoms with Gasteiger partial charge in [-0.25, -0.2) is 4.68 Å². The Morgan fingerprint density at radius 2 is 2.04 bits per heavy atom. The van der Waals surface area contributed by atoms with Crippen molar-refractivity contribution in [3.05, 3.63) is 39.5 Å². The maximum atomic E-state index is 13.5. The average Bonchev–Trinajstić information content (AvgIpc) is 3.09. The summed E-state index contributed by atoms with van der Waals surface area (Å²) < 4.78 is 41.6. The Balaban J connectivity index is 2.20. The molecule has 0 bridgehead atoms. The van der Waals surface area contributed by atoms with Gasteiger partial charge in [0.2, 0.25) is 11.7 Å². The van der Waals surface area contributed by atoms with Crippen LogP contribution in [0, 0.1) is 6.92 Å². The first-order chi connectivity index (χ1) is 12.5. The number of hydrogen-bond acceptors (Lipinski definition) is 5. The minimum atomic E-state index is -4.71. The number of alkyl halides is 3. The second-order valence-corrected chi connectivity index (χ2v) is 6.75. The first-order valence-corrected chi connectivity index (χ1v) is 8.53. The van der Waals surface area contributed by atoms with Crippen molar-refractivity contribution in [2.75, 3.05) is 11.4 Å². The number of aromatic hydroxyl groups is 1. The molecule has 2 aromatic rings. The van der Waals surface area contributed by atoms with Crippen LogP contribution >= 0.6 is 11.6 Å². The van der Waals surface area contributed by atoms with Crippen LogP contribution in [0.3, 0.4) is 0 Å². The molecule has 1 aromatic heterocycles. The van der Waals surface area contributed by atoms with E-state index in [2.05, 4.69) is 5.10 Å². The minimum absolute atomic E-state index is 0.132. The van der Waals surface area contributed by atoms with E-state index in [0.29, 0.717) is 12.8 Å². The van der Waals surface area contributed by atoms with Crippen molar-refractivity contribution < 1.29 is 28.2 Å². The van der Waals surface area contributed by atoms with Gasteiger partial charge in [0, 0.05) is 19.2 Å². The van der Waals surface area contributed by atoms with Crippen molar-refractivity contribution in [3.63, 3.8) is 0 Å². The van der Waals surface area contributed by atoms with Crippen LogP contribution in [0.1, 0.15) is 40.0 Å². The summed E-state index contributed by atoms with van der Waals surface area (Å²) in [6.45, 7) is 1.68. The van der Waals surface area contributed by atoms with Crippen molar-refractivity contribution in [2.45, 2.75) is 32.2 Å². The molecular weight excluding hydrogens is 387 g/mol. The number of aryl methyl sites for hydroxylation is 2. The van der Waals surface area contributed by atoms with E-state index in [1.807, 2.05) is 0 Å². The molecule has 1 unspecified atom stereocenters. The third kappa shape index (κ3) is 3.25. The largest absolute Gasteiger partial charge is 0.493 e. The summed E-state index contributed by atoms with van der Waals surface area (Å²) in [6.07, 6.45) is -5.04. The Bertz CT molecular complexity index is 911. The molecule has 2 N–H and O–H groups in total. The molecule has 2 heterocycles. The lowest BCUT2D eigenvalue weighted by Crippen LogP contribution is -2.31. The molecule has 0 radical (unpaired) electrons. The average molecular weight is 404 g/mol. The maximum absolute atomic E-state index is 13.5. The van der Waals surface area contributed by atoms with Crippen molar-refractivity contribution in [2.24, 2.45) is 7.05 Å². The minimum Gasteiger partial charge on any atom is -0.493 e. The Morgan fingerprint density at radius 3 is 2.52 bits per heavy atom. The molecule has 1 atom stereocenters. The van der Waals surface area contributed by atoms with E-state index >= 15 is 0 Å². The highest BCUT2D eigenvalue weighted by Gasteiger charge is 2.40. The number of rotatable bonds is 3. The summed E-state index contributed by atoms with van der Waals surface area (Å²) in [5.74, 6) is -1.15. The van der Waals surface area contributed by atoms with Gasteiger partial charge in [0.15, 0.2) is 0 Å². The number of carbonyl (C=O) groups is 1. The van der Waals surface area contributed by atoms with Crippen LogP contribution in [0.4, 0.5) is 18.9 Å². The molecular formula is C17H17ClF3N3O3. The first-order valence-electron chi connectivity index (χ1n) is 8.15. The van der Waals surface area contributed by atoms with Crippen LogP contribution in [0.15, 0.2) is 12.1 Å². The van der Waals surface area contributed by atoms with Gasteiger partial charge in [-0.2, -0.15) is 18.3 Å². The van der Waals surface area contributed by atoms with E-state index in [9.17, 15) is 28.2 Å². The van der Waals surface area contributed by atoms with Crippen LogP contribution in [0.25, 0.3) is 0 Å². The van der Waals surface area contributed by atoms with Gasteiger partial charge in [-0.1, -0.05) is 11.6 Å². The summed E-state index contributed by atoms with van der Waals surface area (Å²) in [5, 5.41) is 23.6. The summed E-state index contributed by atoms with van der Waals surface area (Å²) in [7, 11) is 1.43. The summed E-state index contributed by atoms with van der Waals surface area (Å²) in [4.78, 5) is 14.0. The lowest BCUT2D eigenvalue weighted by atomic mass is 9.99. The molecule has 0 spiro atoms. The fraction of sp³-hybridized carbons (Fsp3) is 0.412. The maximum Gasteiger partial charge on any atom is 0.418 e. The molecule has 1 aromatic carbocycles. The molecule has 0 aliphatic carbocycles. The number of carbonyl (C=O) groups excluding carboxylic acids is 1. The fourth-order valence-corrected chi connectivity index (χ4v) is 3.67. The number of halogens is 4. The van der Waals surface area contributed by atoms with Crippen LogP contribution in [-0.2, 0) is 13.2 Å². The Morgan fingerprint density at radius 1 is 1.37 bits per heavy atom. The molecule has 1 aliphatic rings. The van der Waals surface area contributed by atoms with Crippen LogP contribution in [0.5, 0.6) is 5.88 Å². The van der Waals surface area contributed by atoms with E-state index in [1.54, 1.807) is 0 Å². The van der Waals surface area contributed by atoms with E-state index in [0.717, 1.165) is 21.7 Å². The number of aromatic nitrogens is 2. The molecule has 146 valence electrons. The number of anilines is 1. The van der Waals surface area contributed by atoms with Gasteiger partial charge in [0.1, 0.15) is 11.8 Å². The van der Waals surface area contributed by atoms with Gasteiger partial charge in [0.25, 0.3) is 0 Å². The van der Waals surface area contributed by atoms with Crippen molar-refractivity contribution in [3.8, 4) is 5.88 Å².